The molecule has 5 atom stereocenters. The molecule has 2 saturated heterocycles. The van der Waals surface area contributed by atoms with E-state index < -0.39 is 23.0 Å². The number of likely N-dealkylation sites (tertiary alicyclic amines) is 1. The number of urea groups is 1. The molecule has 3 amide bonds. The van der Waals surface area contributed by atoms with Gasteiger partial charge < -0.3 is 25.9 Å². The molecule has 0 aliphatic carbocycles. The Kier molecular flexibility index (Phi) is 23.4. The Morgan fingerprint density at radius 1 is 1.02 bits per heavy atom. The second-order valence-corrected chi connectivity index (χ2v) is 14.2. The van der Waals surface area contributed by atoms with Crippen LogP contribution in [0.25, 0.3) is 0 Å². The molecule has 11 nitrogen and oxygen atoms in total. The first-order chi connectivity index (χ1) is 20.0. The fraction of sp³-hybridized carbons (Fsp3) is 0.871. The van der Waals surface area contributed by atoms with Crippen LogP contribution < -0.4 is 16.0 Å². The van der Waals surface area contributed by atoms with Crippen molar-refractivity contribution in [3.8, 4) is 0 Å². The zero-order valence-electron chi connectivity index (χ0n) is 28.8. The number of carbonyl (C=O) groups is 4. The molecule has 0 aromatic carbocycles. The number of likely N-dealkylation sites (N-methyl/N-ethyl adjacent to an activating group) is 1. The molecule has 4 N–H and O–H groups in total. The van der Waals surface area contributed by atoms with E-state index in [4.69, 9.17) is 5.11 Å². The second-order valence-electron chi connectivity index (χ2n) is 12.6. The molecule has 0 saturated carbocycles. The number of amides is 3. The standard InChI is InChI=1S/C13H25N3O3S.C12H22N2O3.C4H10.C2H6/c1-13(2,3)11(15-12(18)14-6-8-17)10-16-7-4-5-9-20(16)19;1-4-8(2)10(12(16)17)13-11(15)9-6-5-7-14(9)3;1-4(2)3;1-2/h8,11H,4-7,9-10H2,1-3H3,(H2,14,15,18);8-10H,4-7H2,1-3H3,(H,13,15)(H,16,17);4H,1-3H3;1-2H3/t;8?,9-,10?;;/m.0../s1. The van der Waals surface area contributed by atoms with Crippen molar-refractivity contribution in [1.29, 1.82) is 0 Å². The van der Waals surface area contributed by atoms with Crippen molar-refractivity contribution in [1.82, 2.24) is 25.2 Å². The van der Waals surface area contributed by atoms with E-state index in [1.807, 2.05) is 64.7 Å². The van der Waals surface area contributed by atoms with Crippen molar-refractivity contribution in [2.45, 2.75) is 119 Å². The lowest BCUT2D eigenvalue weighted by molar-refractivity contribution is -0.144. The lowest BCUT2D eigenvalue weighted by Crippen LogP contribution is -2.54. The van der Waals surface area contributed by atoms with Gasteiger partial charge in [0, 0.05) is 24.9 Å². The molecule has 0 spiro atoms. The Hall–Kier alpha value is -2.05. The van der Waals surface area contributed by atoms with E-state index in [0.717, 1.165) is 51.1 Å². The maximum atomic E-state index is 12.0. The van der Waals surface area contributed by atoms with Gasteiger partial charge in [-0.25, -0.2) is 18.1 Å². The normalized spacial score (nSPS) is 20.8. The second kappa shape index (κ2) is 23.3. The minimum Gasteiger partial charge on any atom is -0.480 e. The highest BCUT2D eigenvalue weighted by molar-refractivity contribution is 7.82. The summed E-state index contributed by atoms with van der Waals surface area (Å²) in [4.78, 5) is 47.0. The topological polar surface area (TPSA) is 148 Å². The zero-order chi connectivity index (χ0) is 33.8. The molecule has 2 aliphatic heterocycles. The summed E-state index contributed by atoms with van der Waals surface area (Å²) < 4.78 is 13.9. The highest BCUT2D eigenvalue weighted by Crippen LogP contribution is 2.22. The summed E-state index contributed by atoms with van der Waals surface area (Å²) in [7, 11) is 0.951. The van der Waals surface area contributed by atoms with Crippen LogP contribution >= 0.6 is 0 Å². The quantitative estimate of drug-likeness (QED) is 0.265. The van der Waals surface area contributed by atoms with E-state index in [1.165, 1.54) is 0 Å². The first-order valence-electron chi connectivity index (χ1n) is 15.9. The highest BCUT2D eigenvalue weighted by Gasteiger charge is 2.33. The molecule has 2 aliphatic rings. The number of nitrogens with zero attached hydrogens (tertiary/aromatic N) is 2. The molecule has 0 aromatic rings. The van der Waals surface area contributed by atoms with Crippen molar-refractivity contribution < 1.29 is 28.5 Å². The largest absolute Gasteiger partial charge is 0.480 e. The molecule has 43 heavy (non-hydrogen) atoms. The monoisotopic (exact) mass is 633 g/mol. The van der Waals surface area contributed by atoms with Crippen molar-refractivity contribution in [2.75, 3.05) is 39.0 Å². The third-order valence-electron chi connectivity index (χ3n) is 6.95. The number of carbonyl (C=O) groups excluding carboxylic acids is 3. The van der Waals surface area contributed by atoms with E-state index in [1.54, 1.807) is 0 Å². The van der Waals surface area contributed by atoms with Crippen molar-refractivity contribution >= 4 is 35.2 Å². The SMILES string of the molecule is CC.CC(C)(C)C(CN1CCCCS1=O)NC(=O)NCC=O.CC(C)C.CCC(C)C(NC(=O)[C@@H]1CCCN1C)C(=O)O. The molecule has 2 rings (SSSR count). The predicted molar refractivity (Wildman–Crippen MR) is 176 cm³/mol. The predicted octanol–water partition coefficient (Wildman–Crippen LogP) is 4.04. The van der Waals surface area contributed by atoms with E-state index in [0.29, 0.717) is 18.6 Å². The summed E-state index contributed by atoms with van der Waals surface area (Å²) in [6, 6.07) is -1.43. The fourth-order valence-electron chi connectivity index (χ4n) is 4.18. The average Bonchev–Trinajstić information content (AvgIpc) is 3.37. The third kappa shape index (κ3) is 19.1. The van der Waals surface area contributed by atoms with E-state index >= 15 is 0 Å². The molecule has 254 valence electrons. The molecule has 0 aromatic heterocycles. The van der Waals surface area contributed by atoms with E-state index in [9.17, 15) is 23.4 Å². The molecule has 12 heteroatoms. The van der Waals surface area contributed by atoms with Gasteiger partial charge in [0.2, 0.25) is 5.91 Å². The van der Waals surface area contributed by atoms with Crippen LogP contribution in [-0.4, -0.2) is 99.8 Å². The minimum atomic E-state index is -0.951. The van der Waals surface area contributed by atoms with Crippen LogP contribution in [0.5, 0.6) is 0 Å². The number of carboxylic acid groups (broad SMARTS) is 1. The summed E-state index contributed by atoms with van der Waals surface area (Å²) >= 11 is 0. The van der Waals surface area contributed by atoms with Gasteiger partial charge in [-0.05, 0) is 56.5 Å². The molecular weight excluding hydrogens is 570 g/mol. The van der Waals surface area contributed by atoms with Crippen LogP contribution in [0.4, 0.5) is 4.79 Å². The minimum absolute atomic E-state index is 0.00165. The summed E-state index contributed by atoms with van der Waals surface area (Å²) in [5.74, 6) is 0.378. The van der Waals surface area contributed by atoms with Crippen LogP contribution in [-0.2, 0) is 25.4 Å². The molecule has 0 bridgehead atoms. The molecule has 2 fully saturated rings. The summed E-state index contributed by atoms with van der Waals surface area (Å²) in [6.45, 7) is 22.6. The summed E-state index contributed by atoms with van der Waals surface area (Å²) in [6.07, 6.45) is 5.23. The molecule has 2 heterocycles. The summed E-state index contributed by atoms with van der Waals surface area (Å²) in [5, 5.41) is 17.1. The van der Waals surface area contributed by atoms with Gasteiger partial charge in [-0.2, -0.15) is 0 Å². The Bertz CT molecular complexity index is 833. The van der Waals surface area contributed by atoms with E-state index in [-0.39, 0.29) is 41.9 Å². The Morgan fingerprint density at radius 3 is 2.02 bits per heavy atom. The van der Waals surface area contributed by atoms with Gasteiger partial charge in [0.25, 0.3) is 0 Å². The average molecular weight is 634 g/mol. The lowest BCUT2D eigenvalue weighted by atomic mass is 9.86. The third-order valence-corrected chi connectivity index (χ3v) is 8.49. The summed E-state index contributed by atoms with van der Waals surface area (Å²) in [5.41, 5.74) is -0.153. The molecule has 0 radical (unpaired) electrons. The van der Waals surface area contributed by atoms with Gasteiger partial charge in [-0.15, -0.1) is 0 Å². The fourth-order valence-corrected chi connectivity index (χ4v) is 5.53. The Balaban J connectivity index is 0. The first-order valence-corrected chi connectivity index (χ1v) is 17.2. The van der Waals surface area contributed by atoms with Crippen molar-refractivity contribution in [2.24, 2.45) is 17.3 Å². The maximum absolute atomic E-state index is 12.0. The number of nitrogens with one attached hydrogen (secondary N) is 3. The van der Waals surface area contributed by atoms with Gasteiger partial charge in [0.15, 0.2) is 0 Å². The van der Waals surface area contributed by atoms with E-state index in [2.05, 4.69) is 36.7 Å². The lowest BCUT2D eigenvalue weighted by Gasteiger charge is -2.36. The highest BCUT2D eigenvalue weighted by atomic mass is 32.2. The molecule has 4 unspecified atom stereocenters. The van der Waals surface area contributed by atoms with Crippen molar-refractivity contribution in [3.63, 3.8) is 0 Å². The molecular formula is C31H63N5O6S. The van der Waals surface area contributed by atoms with Gasteiger partial charge in [0.05, 0.1) is 23.6 Å². The van der Waals surface area contributed by atoms with Gasteiger partial charge in [-0.1, -0.05) is 75.7 Å². The van der Waals surface area contributed by atoms with Crippen molar-refractivity contribution in [3.05, 3.63) is 0 Å². The van der Waals surface area contributed by atoms with Crippen LogP contribution in [0, 0.1) is 17.3 Å². The Labute approximate surface area is 264 Å². The van der Waals surface area contributed by atoms with Gasteiger partial charge >= 0.3 is 12.0 Å². The number of rotatable bonds is 10. The van der Waals surface area contributed by atoms with Gasteiger partial charge in [-0.3, -0.25) is 9.69 Å². The maximum Gasteiger partial charge on any atom is 0.326 e. The number of hydrogen-bond acceptors (Lipinski definition) is 6. The number of carboxylic acids is 1. The van der Waals surface area contributed by atoms with Crippen LogP contribution in [0.1, 0.15) is 101 Å². The van der Waals surface area contributed by atoms with Crippen LogP contribution in [0.3, 0.4) is 0 Å². The zero-order valence-corrected chi connectivity index (χ0v) is 29.6. The van der Waals surface area contributed by atoms with Crippen LogP contribution in [0.15, 0.2) is 0 Å². The van der Waals surface area contributed by atoms with Gasteiger partial charge in [0.1, 0.15) is 12.3 Å². The number of aliphatic carboxylic acids is 1. The Morgan fingerprint density at radius 2 is 1.60 bits per heavy atom. The number of hydrogen-bond donors (Lipinski definition) is 4. The smallest absolute Gasteiger partial charge is 0.326 e. The number of aldehydes is 1. The van der Waals surface area contributed by atoms with Crippen LogP contribution in [0.2, 0.25) is 0 Å². The first kappa shape index (κ1) is 43.1.